The Morgan fingerprint density at radius 1 is 0.367 bits per heavy atom. The molecule has 0 spiro atoms. The Hall–Kier alpha value is -11.0. The molecule has 0 saturated carbocycles. The summed E-state index contributed by atoms with van der Waals surface area (Å²) in [5, 5.41) is 25.8. The highest BCUT2D eigenvalue weighted by molar-refractivity contribution is 5.82. The zero-order chi connectivity index (χ0) is 65.3. The van der Waals surface area contributed by atoms with Crippen LogP contribution < -0.4 is 42.6 Å². The number of carbonyl (C=O) groups is 5. The second kappa shape index (κ2) is 40.4. The Morgan fingerprint density at radius 2 is 0.643 bits per heavy atom. The highest BCUT2D eigenvalue weighted by Gasteiger charge is 2.32. The molecular formula is C80H96N6O12. The number of nitrogens with two attached hydrogens (primary N) is 3. The quantitative estimate of drug-likeness (QED) is 0.0232. The fraction of sp³-hybridized carbons (Fsp3) is 0.263. The van der Waals surface area contributed by atoms with E-state index in [0.29, 0.717) is 44.2 Å². The SMILES string of the molecule is C.C.C.C.C.NC(=O)Cc1ccccc1O.NC(=O)Cc1ccccc1OCCNC(=O)OCC1c2ccccc2-c2ccccc21.NCCc1ccccc1OCCNC(=O)OCC1c2ccccc2-c2ccccc21.O=C(NCCO)OCC1c2ccccc2-c2ccccc21. The van der Waals surface area contributed by atoms with E-state index < -0.39 is 30.1 Å². The largest absolute Gasteiger partial charge is 0.508 e. The molecule has 518 valence electrons. The maximum absolute atomic E-state index is 12.2. The normalized spacial score (nSPS) is 11.3. The molecule has 11 N–H and O–H groups in total. The minimum absolute atomic E-state index is 0. The average Bonchev–Trinajstić information content (AvgIpc) is 1.64. The van der Waals surface area contributed by atoms with E-state index in [4.69, 9.17) is 51.1 Å². The minimum Gasteiger partial charge on any atom is -0.508 e. The number of para-hydroxylation sites is 3. The smallest absolute Gasteiger partial charge is 0.407 e. The van der Waals surface area contributed by atoms with Gasteiger partial charge in [-0.2, -0.15) is 0 Å². The first kappa shape index (κ1) is 79.5. The van der Waals surface area contributed by atoms with Crippen LogP contribution in [0.3, 0.4) is 0 Å². The topological polar surface area (TPSA) is 286 Å². The first-order chi connectivity index (χ1) is 45.4. The summed E-state index contributed by atoms with van der Waals surface area (Å²) in [5.74, 6) is 0.786. The van der Waals surface area contributed by atoms with Crippen LogP contribution >= 0.6 is 0 Å². The van der Waals surface area contributed by atoms with Gasteiger partial charge in [0.25, 0.3) is 0 Å². The van der Waals surface area contributed by atoms with Gasteiger partial charge in [0.05, 0.1) is 32.5 Å². The first-order valence-electron chi connectivity index (χ1n) is 30.7. The number of carbonyl (C=O) groups excluding carboxylic acids is 5. The van der Waals surface area contributed by atoms with Crippen molar-refractivity contribution in [3.8, 4) is 50.6 Å². The number of ether oxygens (including phenoxy) is 5. The van der Waals surface area contributed by atoms with E-state index in [0.717, 1.165) is 23.3 Å². The van der Waals surface area contributed by atoms with E-state index in [1.807, 2.05) is 109 Å². The van der Waals surface area contributed by atoms with E-state index in [1.165, 1.54) is 72.8 Å². The molecule has 3 aliphatic rings. The first-order valence-corrected chi connectivity index (χ1v) is 30.7. The van der Waals surface area contributed by atoms with Crippen molar-refractivity contribution in [2.75, 3.05) is 65.8 Å². The molecule has 98 heavy (non-hydrogen) atoms. The molecule has 5 amide bonds. The number of amides is 5. The molecule has 0 aliphatic heterocycles. The van der Waals surface area contributed by atoms with Crippen LogP contribution in [0.25, 0.3) is 33.4 Å². The number of hydrogen-bond acceptors (Lipinski definition) is 13. The van der Waals surface area contributed by atoms with Gasteiger partial charge in [0.1, 0.15) is 50.3 Å². The molecule has 3 aliphatic carbocycles. The Morgan fingerprint density at radius 3 is 0.969 bits per heavy atom. The molecule has 9 aromatic carbocycles. The standard InChI is InChI=1S/C25H24N2O4.C25H26N2O3.C17H17NO3.C8H9NO2.5CH4/c26-24(28)15-17-7-1-6-12-23(17)30-14-13-27-25(29)31-16-22-20-10-4-2-8-18(20)19-9-3-5-11-21(19)22;26-14-13-18-7-1-6-12-24(18)29-16-15-27-25(28)30-17-23-21-10-4-2-8-19(21)20-9-3-5-11-22(20)23;19-10-9-18-17(20)21-11-16-14-7-3-1-5-12(14)13-6-2-4-8-15(13)16;9-8(11)5-6-3-1-2-4-7(6)10;;;;;/h1-12,22H,13-16H2,(H2,26,28)(H,27,29);1-12,23H,13-17,26H2,(H,27,28);1-8,16,19H,9-11H2,(H,18,20);1-4,10H,5H2,(H2,9,11);5*1H4. The lowest BCUT2D eigenvalue weighted by atomic mass is 9.98. The van der Waals surface area contributed by atoms with Gasteiger partial charge in [0.2, 0.25) is 11.8 Å². The predicted octanol–water partition coefficient (Wildman–Crippen LogP) is 13.9. The molecule has 18 nitrogen and oxygen atoms in total. The zero-order valence-corrected chi connectivity index (χ0v) is 51.4. The van der Waals surface area contributed by atoms with Gasteiger partial charge in [-0.1, -0.05) is 237 Å². The number of alkyl carbamates (subject to hydrolysis) is 3. The van der Waals surface area contributed by atoms with Gasteiger partial charge in [-0.3, -0.25) is 9.59 Å². The van der Waals surface area contributed by atoms with Crippen LogP contribution in [0.1, 0.15) is 105 Å². The summed E-state index contributed by atoms with van der Waals surface area (Å²) in [6, 6.07) is 71.0. The summed E-state index contributed by atoms with van der Waals surface area (Å²) in [7, 11) is 0. The number of benzene rings is 9. The monoisotopic (exact) mass is 1330 g/mol. The molecule has 0 heterocycles. The number of hydrogen-bond donors (Lipinski definition) is 8. The number of rotatable bonds is 22. The summed E-state index contributed by atoms with van der Waals surface area (Å²) in [5.41, 5.74) is 32.5. The van der Waals surface area contributed by atoms with Gasteiger partial charge >= 0.3 is 18.3 Å². The van der Waals surface area contributed by atoms with E-state index in [2.05, 4.69) is 88.7 Å². The molecule has 0 bridgehead atoms. The van der Waals surface area contributed by atoms with Gasteiger partial charge in [0, 0.05) is 35.4 Å². The van der Waals surface area contributed by atoms with Gasteiger partial charge < -0.3 is 67.0 Å². The molecule has 0 unspecified atom stereocenters. The van der Waals surface area contributed by atoms with E-state index in [-0.39, 0.29) is 106 Å². The molecule has 0 radical (unpaired) electrons. The third-order valence-electron chi connectivity index (χ3n) is 15.7. The maximum atomic E-state index is 12.2. The highest BCUT2D eigenvalue weighted by atomic mass is 16.6. The summed E-state index contributed by atoms with van der Waals surface area (Å²) < 4.78 is 27.8. The van der Waals surface area contributed by atoms with Crippen LogP contribution in [0.2, 0.25) is 0 Å². The van der Waals surface area contributed by atoms with Crippen LogP contribution in [0.5, 0.6) is 17.2 Å². The Balaban J connectivity index is 0.000000286. The molecule has 0 saturated heterocycles. The zero-order valence-electron chi connectivity index (χ0n) is 51.4. The molecule has 0 atom stereocenters. The highest BCUT2D eigenvalue weighted by Crippen LogP contribution is 2.47. The number of fused-ring (bicyclic) bond motifs is 9. The number of aromatic hydroxyl groups is 1. The number of nitrogens with one attached hydrogen (secondary N) is 3. The third kappa shape index (κ3) is 21.3. The second-order valence-electron chi connectivity index (χ2n) is 21.8. The predicted molar refractivity (Wildman–Crippen MR) is 390 cm³/mol. The fourth-order valence-corrected chi connectivity index (χ4v) is 11.6. The number of aliphatic hydroxyl groups excluding tert-OH is 1. The summed E-state index contributed by atoms with van der Waals surface area (Å²) in [6.07, 6.45) is -0.462. The minimum atomic E-state index is -0.495. The second-order valence-corrected chi connectivity index (χ2v) is 21.8. The summed E-state index contributed by atoms with van der Waals surface area (Å²) >= 11 is 0. The average molecular weight is 1330 g/mol. The van der Waals surface area contributed by atoms with Gasteiger partial charge in [0.15, 0.2) is 0 Å². The lowest BCUT2D eigenvalue weighted by Crippen LogP contribution is -2.30. The van der Waals surface area contributed by atoms with Crippen LogP contribution in [-0.4, -0.2) is 106 Å². The van der Waals surface area contributed by atoms with Crippen molar-refractivity contribution in [2.45, 2.75) is 74.1 Å². The number of primary amides is 2. The number of phenols is 1. The van der Waals surface area contributed by atoms with E-state index in [1.54, 1.807) is 30.3 Å². The molecule has 18 heteroatoms. The lowest BCUT2D eigenvalue weighted by molar-refractivity contribution is -0.118. The Bertz CT molecular complexity index is 3870. The van der Waals surface area contributed by atoms with Crippen LogP contribution in [-0.2, 0) is 43.1 Å². The number of aliphatic hydroxyl groups is 1. The van der Waals surface area contributed by atoms with Crippen LogP contribution in [0.4, 0.5) is 14.4 Å². The molecule has 0 fully saturated rings. The number of phenolic OH excluding ortho intramolecular Hbond substituents is 1. The molecular weight excluding hydrogens is 1240 g/mol. The third-order valence-corrected chi connectivity index (χ3v) is 15.7. The Kier molecular flexibility index (Phi) is 32.8. The van der Waals surface area contributed by atoms with E-state index in [9.17, 15) is 24.0 Å². The van der Waals surface area contributed by atoms with Crippen molar-refractivity contribution >= 4 is 30.1 Å². The molecule has 9 aromatic rings. The van der Waals surface area contributed by atoms with Crippen LogP contribution in [0.15, 0.2) is 218 Å². The summed E-state index contributed by atoms with van der Waals surface area (Å²) in [4.78, 5) is 57.5. The van der Waals surface area contributed by atoms with Gasteiger partial charge in [-0.15, -0.1) is 0 Å². The van der Waals surface area contributed by atoms with E-state index >= 15 is 0 Å². The maximum Gasteiger partial charge on any atom is 0.407 e. The van der Waals surface area contributed by atoms with Gasteiger partial charge in [-0.25, -0.2) is 14.4 Å². The molecule has 12 rings (SSSR count). The lowest BCUT2D eigenvalue weighted by Gasteiger charge is -2.15. The van der Waals surface area contributed by atoms with Crippen molar-refractivity contribution in [2.24, 2.45) is 17.2 Å². The molecule has 0 aromatic heterocycles. The van der Waals surface area contributed by atoms with Crippen molar-refractivity contribution in [1.82, 2.24) is 16.0 Å². The van der Waals surface area contributed by atoms with Crippen molar-refractivity contribution in [3.63, 3.8) is 0 Å². The van der Waals surface area contributed by atoms with Crippen molar-refractivity contribution < 1.29 is 57.9 Å². The Labute approximate surface area is 577 Å². The van der Waals surface area contributed by atoms with Crippen molar-refractivity contribution in [3.05, 3.63) is 268 Å². The fourth-order valence-electron chi connectivity index (χ4n) is 11.6. The van der Waals surface area contributed by atoms with Crippen molar-refractivity contribution in [1.29, 1.82) is 0 Å². The summed E-state index contributed by atoms with van der Waals surface area (Å²) in [6.45, 7) is 2.81. The van der Waals surface area contributed by atoms with Crippen LogP contribution in [0, 0.1) is 0 Å². The van der Waals surface area contributed by atoms with Gasteiger partial charge in [-0.05, 0) is 103 Å².